The van der Waals surface area contributed by atoms with Gasteiger partial charge in [0, 0.05) is 12.1 Å². The number of sulfonamides is 1. The molecule has 33 heavy (non-hydrogen) atoms. The second kappa shape index (κ2) is 10.6. The standard InChI is InChI=1S/C21H23Cl2N3O6S/c1-3-31-21(28)12(2)24-25-14-9-16(22)20(17(23)10-14)32-15-7-8-18(27)19(11-15)33(29,30)26-13-5-4-6-13/h7-11,13,25-27H,3-6H2,1-2H3. The molecular formula is C21H23Cl2N3O6S. The fraction of sp³-hybridized carbons (Fsp3) is 0.333. The molecule has 0 radical (unpaired) electrons. The first-order valence-electron chi connectivity index (χ1n) is 10.1. The number of phenolic OH excluding ortho intramolecular Hbond substituents is 1. The van der Waals surface area contributed by atoms with E-state index in [1.54, 1.807) is 6.92 Å². The van der Waals surface area contributed by atoms with E-state index in [0.29, 0.717) is 5.69 Å². The SMILES string of the molecule is CCOC(=O)C(C)=NNc1cc(Cl)c(Oc2ccc(O)c(S(=O)(=O)NC3CCC3)c2)c(Cl)c1. The normalized spacial score (nSPS) is 14.5. The minimum atomic E-state index is -3.93. The fourth-order valence-electron chi connectivity index (χ4n) is 2.85. The Labute approximate surface area is 201 Å². The maximum absolute atomic E-state index is 12.6. The van der Waals surface area contributed by atoms with Gasteiger partial charge in [-0.1, -0.05) is 29.6 Å². The van der Waals surface area contributed by atoms with Gasteiger partial charge in [0.25, 0.3) is 0 Å². The number of hydrogen-bond donors (Lipinski definition) is 3. The van der Waals surface area contributed by atoms with Crippen LogP contribution >= 0.6 is 23.2 Å². The van der Waals surface area contributed by atoms with Gasteiger partial charge in [-0.25, -0.2) is 17.9 Å². The number of nitrogens with zero attached hydrogens (tertiary/aromatic N) is 1. The summed E-state index contributed by atoms with van der Waals surface area (Å²) in [6, 6.07) is 6.61. The lowest BCUT2D eigenvalue weighted by molar-refractivity contribution is -0.135. The van der Waals surface area contributed by atoms with Gasteiger partial charge in [0.1, 0.15) is 22.1 Å². The highest BCUT2D eigenvalue weighted by Crippen LogP contribution is 2.40. The lowest BCUT2D eigenvalue weighted by atomic mass is 9.94. The average Bonchev–Trinajstić information content (AvgIpc) is 2.73. The molecule has 1 fully saturated rings. The molecule has 1 aliphatic rings. The largest absolute Gasteiger partial charge is 0.507 e. The van der Waals surface area contributed by atoms with Crippen molar-refractivity contribution in [1.29, 1.82) is 0 Å². The third-order valence-corrected chi connectivity index (χ3v) is 6.90. The van der Waals surface area contributed by atoms with Crippen LogP contribution in [0.5, 0.6) is 17.2 Å². The number of hydrazone groups is 1. The number of phenols is 1. The molecule has 0 spiro atoms. The molecule has 0 atom stereocenters. The van der Waals surface area contributed by atoms with Crippen molar-refractivity contribution in [3.63, 3.8) is 0 Å². The second-order valence-corrected chi connectivity index (χ2v) is 9.78. The predicted molar refractivity (Wildman–Crippen MR) is 126 cm³/mol. The van der Waals surface area contributed by atoms with E-state index in [2.05, 4.69) is 15.2 Å². The molecule has 12 heteroatoms. The van der Waals surface area contributed by atoms with E-state index in [-0.39, 0.29) is 44.8 Å². The van der Waals surface area contributed by atoms with E-state index in [4.69, 9.17) is 32.7 Å². The van der Waals surface area contributed by atoms with Crippen LogP contribution in [0.1, 0.15) is 33.1 Å². The molecule has 0 unspecified atom stereocenters. The first-order valence-corrected chi connectivity index (χ1v) is 12.3. The molecule has 2 aromatic rings. The Morgan fingerprint density at radius 1 is 1.21 bits per heavy atom. The number of ether oxygens (including phenoxy) is 2. The third-order valence-electron chi connectivity index (χ3n) is 4.79. The summed E-state index contributed by atoms with van der Waals surface area (Å²) in [7, 11) is -3.93. The van der Waals surface area contributed by atoms with Crippen LogP contribution in [0, 0.1) is 0 Å². The molecule has 0 amide bonds. The highest BCUT2D eigenvalue weighted by Gasteiger charge is 2.27. The minimum absolute atomic E-state index is 0.0796. The molecule has 3 rings (SSSR count). The highest BCUT2D eigenvalue weighted by molar-refractivity contribution is 7.89. The van der Waals surface area contributed by atoms with Crippen LogP contribution in [0.25, 0.3) is 0 Å². The number of carbonyl (C=O) groups excluding carboxylic acids is 1. The number of aromatic hydroxyl groups is 1. The fourth-order valence-corrected chi connectivity index (χ4v) is 4.83. The molecule has 9 nitrogen and oxygen atoms in total. The van der Waals surface area contributed by atoms with Gasteiger partial charge in [-0.05, 0) is 51.0 Å². The number of nitrogens with one attached hydrogen (secondary N) is 2. The van der Waals surface area contributed by atoms with Gasteiger partial charge < -0.3 is 14.6 Å². The van der Waals surface area contributed by atoms with Gasteiger partial charge in [-0.2, -0.15) is 5.10 Å². The van der Waals surface area contributed by atoms with E-state index in [1.165, 1.54) is 37.3 Å². The summed E-state index contributed by atoms with van der Waals surface area (Å²) in [5.74, 6) is -0.772. The Hall–Kier alpha value is -2.53. The second-order valence-electron chi connectivity index (χ2n) is 7.28. The van der Waals surface area contributed by atoms with Crippen LogP contribution in [0.15, 0.2) is 40.3 Å². The zero-order valence-corrected chi connectivity index (χ0v) is 20.2. The summed E-state index contributed by atoms with van der Waals surface area (Å²) in [5.41, 5.74) is 3.16. The van der Waals surface area contributed by atoms with Crippen LogP contribution in [0.2, 0.25) is 10.0 Å². The first-order chi connectivity index (χ1) is 15.6. The Bertz CT molecular complexity index is 1160. The molecule has 0 saturated heterocycles. The molecule has 1 saturated carbocycles. The molecule has 178 valence electrons. The van der Waals surface area contributed by atoms with Gasteiger partial charge >= 0.3 is 5.97 Å². The monoisotopic (exact) mass is 515 g/mol. The first kappa shape index (κ1) is 25.1. The van der Waals surface area contributed by atoms with Crippen molar-refractivity contribution in [2.75, 3.05) is 12.0 Å². The highest BCUT2D eigenvalue weighted by atomic mass is 35.5. The van der Waals surface area contributed by atoms with Crippen molar-refractivity contribution in [1.82, 2.24) is 4.72 Å². The number of anilines is 1. The van der Waals surface area contributed by atoms with Gasteiger partial charge in [0.05, 0.1) is 22.3 Å². The molecule has 0 aliphatic heterocycles. The Morgan fingerprint density at radius 3 is 2.45 bits per heavy atom. The molecule has 0 bridgehead atoms. The van der Waals surface area contributed by atoms with Crippen LogP contribution in [-0.4, -0.2) is 37.9 Å². The molecule has 2 aromatic carbocycles. The summed E-state index contributed by atoms with van der Waals surface area (Å²) >= 11 is 12.6. The smallest absolute Gasteiger partial charge is 0.354 e. The molecule has 0 aromatic heterocycles. The van der Waals surface area contributed by atoms with Gasteiger partial charge in [0.15, 0.2) is 5.75 Å². The van der Waals surface area contributed by atoms with E-state index < -0.39 is 21.7 Å². The van der Waals surface area contributed by atoms with Gasteiger partial charge in [-0.3, -0.25) is 5.43 Å². The van der Waals surface area contributed by atoms with Crippen molar-refractivity contribution in [3.8, 4) is 17.2 Å². The maximum Gasteiger partial charge on any atom is 0.354 e. The maximum atomic E-state index is 12.6. The van der Waals surface area contributed by atoms with Crippen molar-refractivity contribution in [2.45, 2.75) is 44.0 Å². The number of esters is 1. The predicted octanol–water partition coefficient (Wildman–Crippen LogP) is 4.67. The number of halogens is 2. The van der Waals surface area contributed by atoms with Crippen molar-refractivity contribution in [3.05, 3.63) is 40.4 Å². The number of benzene rings is 2. The summed E-state index contributed by atoms with van der Waals surface area (Å²) < 4.78 is 38.4. The van der Waals surface area contributed by atoms with Crippen LogP contribution in [-0.2, 0) is 19.6 Å². The van der Waals surface area contributed by atoms with Crippen LogP contribution in [0.4, 0.5) is 5.69 Å². The van der Waals surface area contributed by atoms with Crippen molar-refractivity contribution in [2.24, 2.45) is 5.10 Å². The van der Waals surface area contributed by atoms with Crippen LogP contribution < -0.4 is 14.9 Å². The number of hydrogen-bond acceptors (Lipinski definition) is 8. The molecule has 3 N–H and O–H groups in total. The topological polar surface area (TPSA) is 126 Å². The zero-order chi connectivity index (χ0) is 24.2. The average molecular weight is 516 g/mol. The Kier molecular flexibility index (Phi) is 8.06. The van der Waals surface area contributed by atoms with Crippen molar-refractivity contribution < 1.29 is 27.8 Å². The molecular weight excluding hydrogens is 493 g/mol. The van der Waals surface area contributed by atoms with E-state index in [0.717, 1.165) is 19.3 Å². The summed E-state index contributed by atoms with van der Waals surface area (Å²) in [4.78, 5) is 11.3. The number of rotatable bonds is 9. The lowest BCUT2D eigenvalue weighted by Crippen LogP contribution is -2.39. The minimum Gasteiger partial charge on any atom is -0.507 e. The zero-order valence-electron chi connectivity index (χ0n) is 17.9. The van der Waals surface area contributed by atoms with Gasteiger partial charge in [0.2, 0.25) is 10.0 Å². The van der Waals surface area contributed by atoms with E-state index in [9.17, 15) is 18.3 Å². The third kappa shape index (κ3) is 6.29. The Balaban J connectivity index is 1.79. The van der Waals surface area contributed by atoms with Crippen LogP contribution in [0.3, 0.4) is 0 Å². The van der Waals surface area contributed by atoms with Crippen molar-refractivity contribution >= 4 is 50.6 Å². The molecule has 1 aliphatic carbocycles. The summed E-state index contributed by atoms with van der Waals surface area (Å²) in [6.45, 7) is 3.41. The Morgan fingerprint density at radius 2 is 1.88 bits per heavy atom. The summed E-state index contributed by atoms with van der Waals surface area (Å²) in [6.07, 6.45) is 2.47. The van der Waals surface area contributed by atoms with Gasteiger partial charge in [-0.15, -0.1) is 0 Å². The lowest BCUT2D eigenvalue weighted by Gasteiger charge is -2.26. The quantitative estimate of drug-likeness (QED) is 0.251. The summed E-state index contributed by atoms with van der Waals surface area (Å²) in [5, 5.41) is 14.2. The van der Waals surface area contributed by atoms with E-state index in [1.807, 2.05) is 0 Å². The van der Waals surface area contributed by atoms with E-state index >= 15 is 0 Å². The number of carbonyl (C=O) groups is 1. The molecule has 0 heterocycles.